The summed E-state index contributed by atoms with van der Waals surface area (Å²) in [5.74, 6) is -0.877. The molecule has 0 spiro atoms. The van der Waals surface area contributed by atoms with E-state index in [4.69, 9.17) is 5.11 Å². The van der Waals surface area contributed by atoms with Crippen LogP contribution >= 0.6 is 0 Å². The Kier molecular flexibility index (Phi) is 3.72. The standard InChI is InChI=1S/C12H16O3/c1-3-9(12(14)15)7-10-4-5-11(13)6-8(10)2/h4-6,9,13H,3,7H2,1-2H3,(H,14,15). The van der Waals surface area contributed by atoms with Crippen LogP contribution in [0.2, 0.25) is 0 Å². The molecule has 1 aromatic carbocycles. The second-order valence-corrected chi connectivity index (χ2v) is 3.76. The molecule has 1 rings (SSSR count). The molecule has 1 atom stereocenters. The van der Waals surface area contributed by atoms with Gasteiger partial charge in [-0.15, -0.1) is 0 Å². The van der Waals surface area contributed by atoms with Crippen LogP contribution in [0.5, 0.6) is 5.75 Å². The second kappa shape index (κ2) is 4.82. The quantitative estimate of drug-likeness (QED) is 0.798. The molecule has 82 valence electrons. The third kappa shape index (κ3) is 2.98. The van der Waals surface area contributed by atoms with Crippen molar-refractivity contribution in [3.63, 3.8) is 0 Å². The Labute approximate surface area is 89.4 Å². The predicted molar refractivity (Wildman–Crippen MR) is 58.0 cm³/mol. The molecular formula is C12H16O3. The number of aliphatic carboxylic acids is 1. The van der Waals surface area contributed by atoms with Crippen molar-refractivity contribution in [3.8, 4) is 5.75 Å². The van der Waals surface area contributed by atoms with Gasteiger partial charge in [0, 0.05) is 0 Å². The van der Waals surface area contributed by atoms with Crippen molar-refractivity contribution in [2.75, 3.05) is 0 Å². The van der Waals surface area contributed by atoms with Gasteiger partial charge in [0.2, 0.25) is 0 Å². The van der Waals surface area contributed by atoms with E-state index in [2.05, 4.69) is 0 Å². The van der Waals surface area contributed by atoms with Crippen LogP contribution < -0.4 is 0 Å². The minimum atomic E-state index is -0.759. The number of rotatable bonds is 4. The van der Waals surface area contributed by atoms with E-state index >= 15 is 0 Å². The average molecular weight is 208 g/mol. The molecule has 3 heteroatoms. The van der Waals surface area contributed by atoms with Gasteiger partial charge >= 0.3 is 5.97 Å². The maximum atomic E-state index is 10.9. The summed E-state index contributed by atoms with van der Waals surface area (Å²) < 4.78 is 0. The van der Waals surface area contributed by atoms with Gasteiger partial charge in [-0.2, -0.15) is 0 Å². The molecule has 0 saturated heterocycles. The maximum Gasteiger partial charge on any atom is 0.306 e. The molecule has 0 bridgehead atoms. The number of aromatic hydroxyl groups is 1. The van der Waals surface area contributed by atoms with Crippen LogP contribution in [0.1, 0.15) is 24.5 Å². The third-order valence-electron chi connectivity index (χ3n) is 2.63. The lowest BCUT2D eigenvalue weighted by Crippen LogP contribution is -2.15. The molecule has 15 heavy (non-hydrogen) atoms. The van der Waals surface area contributed by atoms with E-state index in [0.717, 1.165) is 11.1 Å². The van der Waals surface area contributed by atoms with Gasteiger partial charge in [-0.05, 0) is 43.0 Å². The molecule has 0 fully saturated rings. The molecule has 0 aromatic heterocycles. The van der Waals surface area contributed by atoms with Crippen molar-refractivity contribution in [1.29, 1.82) is 0 Å². The summed E-state index contributed by atoms with van der Waals surface area (Å²) in [6, 6.07) is 5.04. The fraction of sp³-hybridized carbons (Fsp3) is 0.417. The van der Waals surface area contributed by atoms with Gasteiger partial charge < -0.3 is 10.2 Å². The Morgan fingerprint density at radius 3 is 2.60 bits per heavy atom. The minimum absolute atomic E-state index is 0.222. The molecule has 0 amide bonds. The monoisotopic (exact) mass is 208 g/mol. The third-order valence-corrected chi connectivity index (χ3v) is 2.63. The zero-order valence-electron chi connectivity index (χ0n) is 9.03. The van der Waals surface area contributed by atoms with Crippen LogP contribution in [0.4, 0.5) is 0 Å². The lowest BCUT2D eigenvalue weighted by Gasteiger charge is -2.11. The summed E-state index contributed by atoms with van der Waals surface area (Å²) in [6.45, 7) is 3.75. The smallest absolute Gasteiger partial charge is 0.306 e. The van der Waals surface area contributed by atoms with Crippen LogP contribution in [0.15, 0.2) is 18.2 Å². The average Bonchev–Trinajstić information content (AvgIpc) is 2.16. The first-order valence-corrected chi connectivity index (χ1v) is 5.06. The van der Waals surface area contributed by atoms with Gasteiger partial charge in [-0.25, -0.2) is 0 Å². The number of phenols is 1. The first kappa shape index (κ1) is 11.6. The van der Waals surface area contributed by atoms with Gasteiger partial charge in [-0.3, -0.25) is 4.79 Å². The Morgan fingerprint density at radius 1 is 1.47 bits per heavy atom. The van der Waals surface area contributed by atoms with Crippen molar-refractivity contribution in [3.05, 3.63) is 29.3 Å². The number of carboxylic acids is 1. The second-order valence-electron chi connectivity index (χ2n) is 3.76. The normalized spacial score (nSPS) is 12.4. The van der Waals surface area contributed by atoms with Crippen molar-refractivity contribution >= 4 is 5.97 Å². The zero-order valence-corrected chi connectivity index (χ0v) is 9.03. The number of benzene rings is 1. The van der Waals surface area contributed by atoms with Gasteiger partial charge in [0.25, 0.3) is 0 Å². The molecule has 3 nitrogen and oxygen atoms in total. The molecule has 2 N–H and O–H groups in total. The van der Waals surface area contributed by atoms with Crippen molar-refractivity contribution < 1.29 is 15.0 Å². The van der Waals surface area contributed by atoms with Crippen molar-refractivity contribution in [2.24, 2.45) is 5.92 Å². The first-order valence-electron chi connectivity index (χ1n) is 5.06. The van der Waals surface area contributed by atoms with Gasteiger partial charge in [0.1, 0.15) is 5.75 Å². The first-order chi connectivity index (χ1) is 7.04. The summed E-state index contributed by atoms with van der Waals surface area (Å²) >= 11 is 0. The fourth-order valence-electron chi connectivity index (χ4n) is 1.58. The van der Waals surface area contributed by atoms with Gasteiger partial charge in [-0.1, -0.05) is 13.0 Å². The summed E-state index contributed by atoms with van der Waals surface area (Å²) in [4.78, 5) is 10.9. The SMILES string of the molecule is CCC(Cc1ccc(O)cc1C)C(=O)O. The molecule has 0 heterocycles. The molecule has 0 aliphatic carbocycles. The molecule has 0 aliphatic rings. The van der Waals surface area contributed by atoms with E-state index in [1.54, 1.807) is 18.2 Å². The Morgan fingerprint density at radius 2 is 2.13 bits per heavy atom. The van der Waals surface area contributed by atoms with Crippen molar-refractivity contribution in [2.45, 2.75) is 26.7 Å². The Balaban J connectivity index is 2.84. The van der Waals surface area contributed by atoms with E-state index in [1.165, 1.54) is 0 Å². The predicted octanol–water partition coefficient (Wildman–Crippen LogP) is 2.35. The van der Waals surface area contributed by atoms with E-state index < -0.39 is 5.97 Å². The summed E-state index contributed by atoms with van der Waals surface area (Å²) in [7, 11) is 0. The zero-order chi connectivity index (χ0) is 11.4. The summed E-state index contributed by atoms with van der Waals surface area (Å²) in [6.07, 6.45) is 1.15. The van der Waals surface area contributed by atoms with Crippen LogP contribution in [0, 0.1) is 12.8 Å². The Hall–Kier alpha value is -1.51. The summed E-state index contributed by atoms with van der Waals surface area (Å²) in [5, 5.41) is 18.2. The molecule has 1 aromatic rings. The van der Waals surface area contributed by atoms with Gasteiger partial charge in [0.05, 0.1) is 5.92 Å². The molecule has 1 unspecified atom stereocenters. The lowest BCUT2D eigenvalue weighted by atomic mass is 9.94. The number of aryl methyl sites for hydroxylation is 1. The van der Waals surface area contributed by atoms with Crippen LogP contribution in [-0.4, -0.2) is 16.2 Å². The number of carboxylic acid groups (broad SMARTS) is 1. The number of carbonyl (C=O) groups is 1. The van der Waals surface area contributed by atoms with E-state index in [1.807, 2.05) is 13.8 Å². The van der Waals surface area contributed by atoms with E-state index in [9.17, 15) is 9.90 Å². The number of hydrogen-bond acceptors (Lipinski definition) is 2. The van der Waals surface area contributed by atoms with Crippen molar-refractivity contribution in [1.82, 2.24) is 0 Å². The molecule has 0 saturated carbocycles. The van der Waals surface area contributed by atoms with E-state index in [0.29, 0.717) is 12.8 Å². The van der Waals surface area contributed by atoms with Crippen LogP contribution in [0.25, 0.3) is 0 Å². The number of phenolic OH excluding ortho intramolecular Hbond substituents is 1. The maximum absolute atomic E-state index is 10.9. The Bertz CT molecular complexity index is 358. The van der Waals surface area contributed by atoms with Crippen LogP contribution in [0.3, 0.4) is 0 Å². The highest BCUT2D eigenvalue weighted by Gasteiger charge is 2.16. The lowest BCUT2D eigenvalue weighted by molar-refractivity contribution is -0.141. The molecule has 0 radical (unpaired) electrons. The highest BCUT2D eigenvalue weighted by molar-refractivity contribution is 5.70. The number of hydrogen-bond donors (Lipinski definition) is 2. The topological polar surface area (TPSA) is 57.5 Å². The molecule has 0 aliphatic heterocycles. The fourth-order valence-corrected chi connectivity index (χ4v) is 1.58. The van der Waals surface area contributed by atoms with Crippen LogP contribution in [-0.2, 0) is 11.2 Å². The van der Waals surface area contributed by atoms with E-state index in [-0.39, 0.29) is 11.7 Å². The largest absolute Gasteiger partial charge is 0.508 e. The molecular weight excluding hydrogens is 192 g/mol. The highest BCUT2D eigenvalue weighted by Crippen LogP contribution is 2.20. The van der Waals surface area contributed by atoms with Gasteiger partial charge in [0.15, 0.2) is 0 Å². The summed E-state index contributed by atoms with van der Waals surface area (Å²) in [5.41, 5.74) is 1.93. The highest BCUT2D eigenvalue weighted by atomic mass is 16.4. The minimum Gasteiger partial charge on any atom is -0.508 e.